The number of benzene rings is 1. The fraction of sp³-hybridized carbons (Fsp3) is 0.471. The lowest BCUT2D eigenvalue weighted by atomic mass is 10.2. The van der Waals surface area contributed by atoms with Crippen LogP contribution in [0.4, 0.5) is 0 Å². The van der Waals surface area contributed by atoms with Crippen LogP contribution in [-0.2, 0) is 19.6 Å². The van der Waals surface area contributed by atoms with Crippen molar-refractivity contribution in [3.63, 3.8) is 0 Å². The third kappa shape index (κ3) is 6.82. The Kier molecular flexibility index (Phi) is 8.22. The lowest BCUT2D eigenvalue weighted by Gasteiger charge is -2.14. The molecule has 1 rings (SSSR count). The van der Waals surface area contributed by atoms with Crippen LogP contribution in [0.2, 0.25) is 0 Å². The molecule has 0 aromatic heterocycles. The summed E-state index contributed by atoms with van der Waals surface area (Å²) in [5.74, 6) is -0.843. The van der Waals surface area contributed by atoms with Gasteiger partial charge in [-0.05, 0) is 37.1 Å². The van der Waals surface area contributed by atoms with Gasteiger partial charge in [-0.2, -0.15) is 5.26 Å². The smallest absolute Gasteiger partial charge is 0.338 e. The van der Waals surface area contributed by atoms with Crippen LogP contribution in [0, 0.1) is 17.2 Å². The molecule has 0 saturated carbocycles. The molecular formula is C17H23N3O5S. The number of nitrogens with zero attached hydrogens (tertiary/aromatic N) is 1. The molecule has 0 fully saturated rings. The van der Waals surface area contributed by atoms with Crippen LogP contribution in [0.15, 0.2) is 29.2 Å². The average molecular weight is 381 g/mol. The Labute approximate surface area is 153 Å². The van der Waals surface area contributed by atoms with Crippen LogP contribution >= 0.6 is 0 Å². The van der Waals surface area contributed by atoms with Gasteiger partial charge in [0.05, 0.1) is 16.5 Å². The topological polar surface area (TPSA) is 125 Å². The number of carbonyl (C=O) groups excluding carboxylic acids is 2. The largest absolute Gasteiger partial charge is 0.449 e. The molecule has 0 bridgehead atoms. The van der Waals surface area contributed by atoms with E-state index in [1.165, 1.54) is 31.2 Å². The van der Waals surface area contributed by atoms with Gasteiger partial charge in [-0.25, -0.2) is 17.9 Å². The maximum absolute atomic E-state index is 12.1. The Morgan fingerprint density at radius 3 is 2.35 bits per heavy atom. The number of amides is 1. The lowest BCUT2D eigenvalue weighted by molar-refractivity contribution is -0.129. The highest BCUT2D eigenvalue weighted by atomic mass is 32.2. The van der Waals surface area contributed by atoms with Crippen molar-refractivity contribution in [2.45, 2.75) is 38.2 Å². The molecule has 142 valence electrons. The summed E-state index contributed by atoms with van der Waals surface area (Å²) in [5.41, 5.74) is 0.129. The van der Waals surface area contributed by atoms with E-state index in [0.29, 0.717) is 6.54 Å². The van der Waals surface area contributed by atoms with E-state index in [1.54, 1.807) is 0 Å². The van der Waals surface area contributed by atoms with Gasteiger partial charge in [0.1, 0.15) is 0 Å². The Hall–Kier alpha value is -2.44. The number of esters is 1. The normalized spacial score (nSPS) is 12.3. The summed E-state index contributed by atoms with van der Waals surface area (Å²) in [7, 11) is -3.74. The van der Waals surface area contributed by atoms with E-state index in [2.05, 4.69) is 10.0 Å². The van der Waals surface area contributed by atoms with E-state index in [-0.39, 0.29) is 29.3 Å². The Balaban J connectivity index is 2.69. The number of ether oxygens (including phenoxy) is 1. The minimum Gasteiger partial charge on any atom is -0.449 e. The second kappa shape index (κ2) is 9.89. The summed E-state index contributed by atoms with van der Waals surface area (Å²) >= 11 is 0. The summed E-state index contributed by atoms with van der Waals surface area (Å²) < 4.78 is 31.3. The van der Waals surface area contributed by atoms with Crippen molar-refractivity contribution in [1.29, 1.82) is 5.26 Å². The molecule has 0 saturated heterocycles. The van der Waals surface area contributed by atoms with Gasteiger partial charge >= 0.3 is 5.97 Å². The van der Waals surface area contributed by atoms with Crippen molar-refractivity contribution in [3.8, 4) is 6.07 Å². The van der Waals surface area contributed by atoms with Crippen molar-refractivity contribution in [3.05, 3.63) is 29.8 Å². The minimum atomic E-state index is -3.74. The molecule has 0 spiro atoms. The highest BCUT2D eigenvalue weighted by molar-refractivity contribution is 7.89. The Bertz CT molecular complexity index is 767. The van der Waals surface area contributed by atoms with Gasteiger partial charge in [0, 0.05) is 19.5 Å². The maximum Gasteiger partial charge on any atom is 0.338 e. The lowest BCUT2D eigenvalue weighted by Crippen LogP contribution is -2.37. The number of carbonyl (C=O) groups is 2. The number of hydrogen-bond acceptors (Lipinski definition) is 6. The predicted molar refractivity (Wildman–Crippen MR) is 94.6 cm³/mol. The first-order chi connectivity index (χ1) is 12.2. The van der Waals surface area contributed by atoms with E-state index in [9.17, 15) is 18.0 Å². The van der Waals surface area contributed by atoms with Crippen molar-refractivity contribution >= 4 is 21.9 Å². The van der Waals surface area contributed by atoms with Crippen LogP contribution in [0.1, 0.15) is 37.6 Å². The monoisotopic (exact) mass is 381 g/mol. The van der Waals surface area contributed by atoms with Gasteiger partial charge in [0.15, 0.2) is 6.10 Å². The quantitative estimate of drug-likeness (QED) is 0.489. The molecule has 0 aliphatic heterocycles. The first-order valence-corrected chi connectivity index (χ1v) is 9.61. The fourth-order valence-electron chi connectivity index (χ4n) is 1.83. The molecule has 0 unspecified atom stereocenters. The number of hydrogen-bond donors (Lipinski definition) is 2. The average Bonchev–Trinajstić information content (AvgIpc) is 2.59. The van der Waals surface area contributed by atoms with Crippen molar-refractivity contribution in [2.75, 3.05) is 13.1 Å². The molecule has 2 N–H and O–H groups in total. The van der Waals surface area contributed by atoms with Crippen LogP contribution in [0.3, 0.4) is 0 Å². The molecule has 1 aromatic rings. The van der Waals surface area contributed by atoms with Crippen LogP contribution in [-0.4, -0.2) is 39.5 Å². The second-order valence-corrected chi connectivity index (χ2v) is 7.78. The van der Waals surface area contributed by atoms with Crippen molar-refractivity contribution in [2.24, 2.45) is 5.92 Å². The molecule has 9 heteroatoms. The highest BCUT2D eigenvalue weighted by Gasteiger charge is 2.20. The van der Waals surface area contributed by atoms with Gasteiger partial charge in [0.2, 0.25) is 10.0 Å². The van der Waals surface area contributed by atoms with E-state index in [1.807, 2.05) is 19.9 Å². The predicted octanol–water partition coefficient (Wildman–Crippen LogP) is 1.20. The molecular weight excluding hydrogens is 358 g/mol. The molecule has 1 atom stereocenters. The molecule has 1 amide bonds. The van der Waals surface area contributed by atoms with Crippen molar-refractivity contribution in [1.82, 2.24) is 10.0 Å². The molecule has 0 aliphatic carbocycles. The zero-order valence-corrected chi connectivity index (χ0v) is 15.8. The summed E-state index contributed by atoms with van der Waals surface area (Å²) in [6.07, 6.45) is -0.905. The van der Waals surface area contributed by atoms with E-state index in [0.717, 1.165) is 0 Å². The molecule has 0 radical (unpaired) electrons. The van der Waals surface area contributed by atoms with Crippen LogP contribution in [0.25, 0.3) is 0 Å². The van der Waals surface area contributed by atoms with E-state index >= 15 is 0 Å². The van der Waals surface area contributed by atoms with Gasteiger partial charge in [-0.15, -0.1) is 0 Å². The van der Waals surface area contributed by atoms with E-state index in [4.69, 9.17) is 10.00 Å². The molecule has 0 aliphatic rings. The van der Waals surface area contributed by atoms with E-state index < -0.39 is 28.0 Å². The SMILES string of the molecule is CC(C)CNC(=O)[C@H](C)OC(=O)c1ccc(S(=O)(=O)NCCC#N)cc1. The minimum absolute atomic E-state index is 0.00559. The molecule has 26 heavy (non-hydrogen) atoms. The highest BCUT2D eigenvalue weighted by Crippen LogP contribution is 2.12. The summed E-state index contributed by atoms with van der Waals surface area (Å²) in [6, 6.07) is 6.97. The first-order valence-electron chi connectivity index (χ1n) is 8.12. The van der Waals surface area contributed by atoms with Gasteiger partial charge in [-0.3, -0.25) is 4.79 Å². The zero-order valence-electron chi connectivity index (χ0n) is 15.0. The van der Waals surface area contributed by atoms with Gasteiger partial charge < -0.3 is 10.1 Å². The summed E-state index contributed by atoms with van der Waals surface area (Å²) in [5, 5.41) is 11.1. The number of nitriles is 1. The number of nitrogens with one attached hydrogen (secondary N) is 2. The number of rotatable bonds is 9. The molecule has 0 heterocycles. The van der Waals surface area contributed by atoms with Crippen LogP contribution < -0.4 is 10.0 Å². The van der Waals surface area contributed by atoms with Crippen LogP contribution in [0.5, 0.6) is 0 Å². The standard InChI is InChI=1S/C17H23N3O5S/c1-12(2)11-19-16(21)13(3)25-17(22)14-5-7-15(8-6-14)26(23,24)20-10-4-9-18/h5-8,12-13,20H,4,10-11H2,1-3H3,(H,19,21)/t13-/m0/s1. The molecule has 1 aromatic carbocycles. The van der Waals surface area contributed by atoms with Gasteiger partial charge in [0.25, 0.3) is 5.91 Å². The fourth-order valence-corrected chi connectivity index (χ4v) is 2.86. The zero-order chi connectivity index (χ0) is 19.7. The first kappa shape index (κ1) is 21.6. The summed E-state index contributed by atoms with van der Waals surface area (Å²) in [4.78, 5) is 23.9. The number of sulfonamides is 1. The summed E-state index contributed by atoms with van der Waals surface area (Å²) in [6.45, 7) is 5.84. The third-order valence-corrected chi connectivity index (χ3v) is 4.74. The Morgan fingerprint density at radius 2 is 1.81 bits per heavy atom. The second-order valence-electron chi connectivity index (χ2n) is 6.02. The molecule has 8 nitrogen and oxygen atoms in total. The maximum atomic E-state index is 12.1. The third-order valence-electron chi connectivity index (χ3n) is 3.27. The van der Waals surface area contributed by atoms with Gasteiger partial charge in [-0.1, -0.05) is 13.8 Å². The Morgan fingerprint density at radius 1 is 1.19 bits per heavy atom. The van der Waals surface area contributed by atoms with Crippen molar-refractivity contribution < 1.29 is 22.7 Å².